The molecule has 1 aromatic rings. The molecule has 0 heterocycles. The lowest BCUT2D eigenvalue weighted by Crippen LogP contribution is -2.38. The molecule has 1 aliphatic rings. The first-order chi connectivity index (χ1) is 11.7. The van der Waals surface area contributed by atoms with Gasteiger partial charge in [0.05, 0.1) is 12.2 Å². The Morgan fingerprint density at radius 1 is 1.40 bits per heavy atom. The van der Waals surface area contributed by atoms with E-state index in [4.69, 9.17) is 21.1 Å². The fourth-order valence-corrected chi connectivity index (χ4v) is 4.57. The molecular formula is C19H27BrClNO3. The minimum Gasteiger partial charge on any atom is -0.444 e. The van der Waals surface area contributed by atoms with E-state index in [0.29, 0.717) is 13.2 Å². The minimum absolute atomic E-state index is 0.341. The molecule has 1 amide bonds. The van der Waals surface area contributed by atoms with Crippen LogP contribution >= 0.6 is 27.5 Å². The number of amides is 1. The predicted molar refractivity (Wildman–Crippen MR) is 104 cm³/mol. The van der Waals surface area contributed by atoms with Crippen LogP contribution in [0.1, 0.15) is 58.1 Å². The van der Waals surface area contributed by atoms with Gasteiger partial charge in [-0.05, 0) is 64.2 Å². The van der Waals surface area contributed by atoms with Crippen molar-refractivity contribution >= 4 is 33.6 Å². The molecule has 140 valence electrons. The summed E-state index contributed by atoms with van der Waals surface area (Å²) in [7, 11) is 0. The third-order valence-corrected chi connectivity index (χ3v) is 5.18. The quantitative estimate of drug-likeness (QED) is 0.617. The third-order valence-electron chi connectivity index (χ3n) is 4.34. The van der Waals surface area contributed by atoms with Gasteiger partial charge in [0.2, 0.25) is 0 Å². The zero-order chi connectivity index (χ0) is 18.7. The summed E-state index contributed by atoms with van der Waals surface area (Å²) in [5, 5.41) is 3.49. The maximum Gasteiger partial charge on any atom is 0.407 e. The highest BCUT2D eigenvalue weighted by Gasteiger charge is 2.37. The highest BCUT2D eigenvalue weighted by molar-refractivity contribution is 9.10. The highest BCUT2D eigenvalue weighted by atomic mass is 79.9. The van der Waals surface area contributed by atoms with Crippen LogP contribution in [0.2, 0.25) is 5.02 Å². The maximum atomic E-state index is 11.7. The van der Waals surface area contributed by atoms with Gasteiger partial charge in [-0.1, -0.05) is 34.5 Å². The Hall–Kier alpha value is -0.780. The Balaban J connectivity index is 2.02. The first-order valence-corrected chi connectivity index (χ1v) is 9.93. The monoisotopic (exact) mass is 431 g/mol. The van der Waals surface area contributed by atoms with Gasteiger partial charge in [-0.15, -0.1) is 0 Å². The van der Waals surface area contributed by atoms with Gasteiger partial charge in [0.25, 0.3) is 0 Å². The van der Waals surface area contributed by atoms with Crippen LogP contribution in [-0.2, 0) is 21.5 Å². The average molecular weight is 433 g/mol. The lowest BCUT2D eigenvalue weighted by atomic mass is 9.77. The second-order valence-electron chi connectivity index (χ2n) is 7.40. The molecule has 1 unspecified atom stereocenters. The molecule has 0 fully saturated rings. The summed E-state index contributed by atoms with van der Waals surface area (Å²) in [6.07, 6.45) is 3.48. The summed E-state index contributed by atoms with van der Waals surface area (Å²) in [4.78, 5) is 11.7. The molecule has 1 aromatic carbocycles. The second-order valence-corrected chi connectivity index (χ2v) is 8.69. The Labute approximate surface area is 163 Å². The van der Waals surface area contributed by atoms with Crippen LogP contribution in [-0.4, -0.2) is 24.8 Å². The van der Waals surface area contributed by atoms with Gasteiger partial charge < -0.3 is 14.8 Å². The van der Waals surface area contributed by atoms with Gasteiger partial charge in [-0.2, -0.15) is 0 Å². The van der Waals surface area contributed by atoms with Gasteiger partial charge in [0.15, 0.2) is 0 Å². The zero-order valence-electron chi connectivity index (χ0n) is 15.4. The van der Waals surface area contributed by atoms with Crippen molar-refractivity contribution in [1.82, 2.24) is 5.32 Å². The van der Waals surface area contributed by atoms with E-state index in [1.165, 1.54) is 11.1 Å². The van der Waals surface area contributed by atoms with Crippen molar-refractivity contribution in [1.29, 1.82) is 0 Å². The van der Waals surface area contributed by atoms with E-state index in [9.17, 15) is 4.79 Å². The molecule has 25 heavy (non-hydrogen) atoms. The largest absolute Gasteiger partial charge is 0.444 e. The Kier molecular flexibility index (Phi) is 6.80. The van der Waals surface area contributed by atoms with E-state index < -0.39 is 11.7 Å². The molecule has 0 aliphatic heterocycles. The van der Waals surface area contributed by atoms with E-state index in [-0.39, 0.29) is 5.60 Å². The van der Waals surface area contributed by atoms with E-state index >= 15 is 0 Å². The van der Waals surface area contributed by atoms with Gasteiger partial charge in [0.1, 0.15) is 5.60 Å². The van der Waals surface area contributed by atoms with Crippen molar-refractivity contribution in [3.8, 4) is 0 Å². The van der Waals surface area contributed by atoms with Crippen molar-refractivity contribution in [3.63, 3.8) is 0 Å². The van der Waals surface area contributed by atoms with Crippen LogP contribution in [0.5, 0.6) is 0 Å². The molecule has 0 saturated heterocycles. The number of aryl methyl sites for hydroxylation is 1. The van der Waals surface area contributed by atoms with Crippen LogP contribution in [0, 0.1) is 0 Å². The predicted octanol–water partition coefficient (Wildman–Crippen LogP) is 5.59. The molecule has 0 aromatic heterocycles. The standard InChI is InChI=1S/C19H27BrClNO3/c1-5-19(24-10-9-22-17(23)25-18(2,3)4)8-6-7-13-11-14(21)12-15(20)16(13)19/h11-12H,5-10H2,1-4H3,(H,22,23). The number of carbonyl (C=O) groups is 1. The molecule has 1 aliphatic carbocycles. The second kappa shape index (κ2) is 8.28. The lowest BCUT2D eigenvalue weighted by Gasteiger charge is -2.39. The summed E-state index contributed by atoms with van der Waals surface area (Å²) in [6.45, 7) is 8.51. The first kappa shape index (κ1) is 20.5. The fourth-order valence-electron chi connectivity index (χ4n) is 3.34. The molecule has 0 saturated carbocycles. The minimum atomic E-state index is -0.498. The first-order valence-electron chi connectivity index (χ1n) is 8.76. The topological polar surface area (TPSA) is 47.6 Å². The maximum absolute atomic E-state index is 11.7. The average Bonchev–Trinajstić information content (AvgIpc) is 2.49. The number of halogens is 2. The van der Waals surface area contributed by atoms with Gasteiger partial charge in [-0.3, -0.25) is 0 Å². The van der Waals surface area contributed by atoms with Crippen LogP contribution in [0.3, 0.4) is 0 Å². The van der Waals surface area contributed by atoms with Crippen molar-refractivity contribution in [2.45, 2.75) is 64.6 Å². The Morgan fingerprint density at radius 3 is 2.76 bits per heavy atom. The number of nitrogens with one attached hydrogen (secondary N) is 1. The number of benzene rings is 1. The summed E-state index contributed by atoms with van der Waals surface area (Å²) < 4.78 is 12.5. The van der Waals surface area contributed by atoms with E-state index in [1.54, 1.807) is 0 Å². The molecule has 6 heteroatoms. The summed E-state index contributed by atoms with van der Waals surface area (Å²) in [5.41, 5.74) is 1.60. The normalized spacial score (nSPS) is 20.1. The number of carbonyl (C=O) groups excluding carboxylic acids is 1. The van der Waals surface area contributed by atoms with Crippen LogP contribution < -0.4 is 5.32 Å². The molecule has 0 radical (unpaired) electrons. The highest BCUT2D eigenvalue weighted by Crippen LogP contribution is 2.45. The molecule has 1 N–H and O–H groups in total. The number of hydrogen-bond donors (Lipinski definition) is 1. The van der Waals surface area contributed by atoms with Crippen molar-refractivity contribution in [2.75, 3.05) is 13.2 Å². The molecule has 1 atom stereocenters. The number of fused-ring (bicyclic) bond motifs is 1. The molecule has 0 bridgehead atoms. The zero-order valence-corrected chi connectivity index (χ0v) is 17.7. The van der Waals surface area contributed by atoms with E-state index in [2.05, 4.69) is 28.2 Å². The summed E-state index contributed by atoms with van der Waals surface area (Å²) in [5.74, 6) is 0. The van der Waals surface area contributed by atoms with Gasteiger partial charge >= 0.3 is 6.09 Å². The molecule has 2 rings (SSSR count). The smallest absolute Gasteiger partial charge is 0.407 e. The van der Waals surface area contributed by atoms with E-state index in [1.807, 2.05) is 32.9 Å². The van der Waals surface area contributed by atoms with E-state index in [0.717, 1.165) is 35.2 Å². The SMILES string of the molecule is CCC1(OCCNC(=O)OC(C)(C)C)CCCc2cc(Cl)cc(Br)c21. The molecule has 0 spiro atoms. The third kappa shape index (κ3) is 5.35. The number of alkyl carbamates (subject to hydrolysis) is 1. The molecular weight excluding hydrogens is 406 g/mol. The van der Waals surface area contributed by atoms with Crippen molar-refractivity contribution in [3.05, 3.63) is 32.8 Å². The fraction of sp³-hybridized carbons (Fsp3) is 0.632. The van der Waals surface area contributed by atoms with Crippen LogP contribution in [0.15, 0.2) is 16.6 Å². The van der Waals surface area contributed by atoms with Crippen LogP contribution in [0.25, 0.3) is 0 Å². The van der Waals surface area contributed by atoms with Gasteiger partial charge in [-0.25, -0.2) is 4.79 Å². The van der Waals surface area contributed by atoms with Crippen LogP contribution in [0.4, 0.5) is 4.79 Å². The Bertz CT molecular complexity index is 630. The lowest BCUT2D eigenvalue weighted by molar-refractivity contribution is -0.0649. The summed E-state index contributed by atoms with van der Waals surface area (Å²) in [6, 6.07) is 3.96. The van der Waals surface area contributed by atoms with Crippen molar-refractivity contribution < 1.29 is 14.3 Å². The number of rotatable bonds is 5. The van der Waals surface area contributed by atoms with Gasteiger partial charge in [0, 0.05) is 21.6 Å². The number of hydrogen-bond acceptors (Lipinski definition) is 3. The molecule has 4 nitrogen and oxygen atoms in total. The van der Waals surface area contributed by atoms with Crippen molar-refractivity contribution in [2.24, 2.45) is 0 Å². The number of ether oxygens (including phenoxy) is 2. The summed E-state index contributed by atoms with van der Waals surface area (Å²) >= 11 is 9.86. The Morgan fingerprint density at radius 2 is 2.12 bits per heavy atom.